The van der Waals surface area contributed by atoms with E-state index in [2.05, 4.69) is 5.32 Å². The van der Waals surface area contributed by atoms with Gasteiger partial charge in [0.25, 0.3) is 0 Å². The van der Waals surface area contributed by atoms with E-state index in [9.17, 15) is 4.79 Å². The Balaban J connectivity index is 1.93. The molecule has 1 aliphatic rings. The van der Waals surface area contributed by atoms with Gasteiger partial charge in [0.2, 0.25) is 0 Å². The fraction of sp³-hybridized carbons (Fsp3) is 0.462. The Morgan fingerprint density at radius 3 is 2.47 bits per heavy atom. The van der Waals surface area contributed by atoms with Crippen molar-refractivity contribution in [3.05, 3.63) is 29.8 Å². The van der Waals surface area contributed by atoms with E-state index in [0.29, 0.717) is 0 Å². The molecule has 2 rings (SSSR count). The smallest absolute Gasteiger partial charge is 0.317 e. The lowest BCUT2D eigenvalue weighted by molar-refractivity contribution is 0.205. The van der Waals surface area contributed by atoms with Gasteiger partial charge in [0.05, 0.1) is 6.04 Å². The molecule has 0 spiro atoms. The number of nitrogens with zero attached hydrogens (tertiary/aromatic N) is 1. The van der Waals surface area contributed by atoms with Crippen molar-refractivity contribution in [3.8, 4) is 0 Å². The lowest BCUT2D eigenvalue weighted by Gasteiger charge is -2.20. The Hall–Kier alpha value is -1.71. The average molecular weight is 233 g/mol. The molecule has 1 saturated heterocycles. The van der Waals surface area contributed by atoms with Crippen LogP contribution >= 0.6 is 0 Å². The monoisotopic (exact) mass is 233 g/mol. The predicted molar refractivity (Wildman–Crippen MR) is 68.6 cm³/mol. The second-order valence-electron chi connectivity index (χ2n) is 4.53. The van der Waals surface area contributed by atoms with Crippen LogP contribution in [0.25, 0.3) is 0 Å². The van der Waals surface area contributed by atoms with Crippen LogP contribution < -0.4 is 11.1 Å². The van der Waals surface area contributed by atoms with Crippen molar-refractivity contribution in [2.75, 3.05) is 18.8 Å². The van der Waals surface area contributed by atoms with Crippen LogP contribution in [0.15, 0.2) is 24.3 Å². The van der Waals surface area contributed by atoms with Crippen LogP contribution in [0.5, 0.6) is 0 Å². The number of likely N-dealkylation sites (tertiary alicyclic amines) is 1. The Labute approximate surface area is 102 Å². The first kappa shape index (κ1) is 11.8. The number of urea groups is 1. The predicted octanol–water partition coefficient (Wildman–Crippen LogP) is 2.14. The van der Waals surface area contributed by atoms with E-state index in [4.69, 9.17) is 5.73 Å². The van der Waals surface area contributed by atoms with Crippen LogP contribution in [0.3, 0.4) is 0 Å². The molecule has 1 atom stereocenters. The standard InChI is InChI=1S/C13H19N3O/c1-10(11-4-6-12(14)7-5-11)15-13(17)16-8-2-3-9-16/h4-7,10H,2-3,8-9,14H2,1H3,(H,15,17). The van der Waals surface area contributed by atoms with E-state index in [1.165, 1.54) is 0 Å². The van der Waals surface area contributed by atoms with Crippen molar-refractivity contribution in [1.82, 2.24) is 10.2 Å². The Bertz CT molecular complexity index is 382. The van der Waals surface area contributed by atoms with Gasteiger partial charge in [0.15, 0.2) is 0 Å². The molecule has 0 saturated carbocycles. The molecule has 4 nitrogen and oxygen atoms in total. The van der Waals surface area contributed by atoms with Gasteiger partial charge in [0, 0.05) is 18.8 Å². The number of anilines is 1. The van der Waals surface area contributed by atoms with Gasteiger partial charge < -0.3 is 16.0 Å². The van der Waals surface area contributed by atoms with Crippen LogP contribution in [0, 0.1) is 0 Å². The van der Waals surface area contributed by atoms with E-state index >= 15 is 0 Å². The molecule has 2 amide bonds. The molecule has 1 aromatic rings. The highest BCUT2D eigenvalue weighted by Crippen LogP contribution is 2.15. The molecule has 1 heterocycles. The molecule has 1 unspecified atom stereocenters. The quantitative estimate of drug-likeness (QED) is 0.769. The third-order valence-electron chi connectivity index (χ3n) is 3.17. The molecular weight excluding hydrogens is 214 g/mol. The zero-order valence-corrected chi connectivity index (χ0v) is 10.1. The number of hydrogen-bond acceptors (Lipinski definition) is 2. The molecule has 4 heteroatoms. The van der Waals surface area contributed by atoms with Gasteiger partial charge in [-0.05, 0) is 37.5 Å². The Kier molecular flexibility index (Phi) is 3.52. The molecule has 17 heavy (non-hydrogen) atoms. The van der Waals surface area contributed by atoms with Crippen molar-refractivity contribution >= 4 is 11.7 Å². The molecule has 0 bridgehead atoms. The summed E-state index contributed by atoms with van der Waals surface area (Å²) in [5, 5.41) is 3.00. The number of nitrogens with one attached hydrogen (secondary N) is 1. The fourth-order valence-corrected chi connectivity index (χ4v) is 2.06. The van der Waals surface area contributed by atoms with Crippen molar-refractivity contribution in [3.63, 3.8) is 0 Å². The van der Waals surface area contributed by atoms with Gasteiger partial charge in [-0.2, -0.15) is 0 Å². The summed E-state index contributed by atoms with van der Waals surface area (Å²) < 4.78 is 0. The van der Waals surface area contributed by atoms with Crippen LogP contribution in [0.1, 0.15) is 31.4 Å². The number of carbonyl (C=O) groups excluding carboxylic acids is 1. The Morgan fingerprint density at radius 1 is 1.29 bits per heavy atom. The number of benzene rings is 1. The number of carbonyl (C=O) groups is 1. The first-order valence-electron chi connectivity index (χ1n) is 6.07. The van der Waals surface area contributed by atoms with Crippen molar-refractivity contribution in [1.29, 1.82) is 0 Å². The molecule has 3 N–H and O–H groups in total. The van der Waals surface area contributed by atoms with E-state index in [0.717, 1.165) is 37.2 Å². The summed E-state index contributed by atoms with van der Waals surface area (Å²) in [6.45, 7) is 3.74. The average Bonchev–Trinajstić information content (AvgIpc) is 2.83. The second kappa shape index (κ2) is 5.08. The molecule has 1 aliphatic heterocycles. The van der Waals surface area contributed by atoms with E-state index in [1.807, 2.05) is 36.1 Å². The first-order valence-corrected chi connectivity index (χ1v) is 6.07. The van der Waals surface area contributed by atoms with Crippen molar-refractivity contribution < 1.29 is 4.79 Å². The normalized spacial score (nSPS) is 16.9. The van der Waals surface area contributed by atoms with Gasteiger partial charge in [0.1, 0.15) is 0 Å². The summed E-state index contributed by atoms with van der Waals surface area (Å²) >= 11 is 0. The molecule has 0 aliphatic carbocycles. The molecule has 1 fully saturated rings. The van der Waals surface area contributed by atoms with Gasteiger partial charge in [-0.1, -0.05) is 12.1 Å². The van der Waals surface area contributed by atoms with Crippen LogP contribution in [-0.4, -0.2) is 24.0 Å². The van der Waals surface area contributed by atoms with E-state index in [-0.39, 0.29) is 12.1 Å². The number of rotatable bonds is 2. The summed E-state index contributed by atoms with van der Waals surface area (Å²) in [6.07, 6.45) is 2.23. The number of nitrogen functional groups attached to an aromatic ring is 1. The third-order valence-corrected chi connectivity index (χ3v) is 3.17. The van der Waals surface area contributed by atoms with Crippen molar-refractivity contribution in [2.24, 2.45) is 0 Å². The minimum atomic E-state index is 0.0173. The van der Waals surface area contributed by atoms with Crippen molar-refractivity contribution in [2.45, 2.75) is 25.8 Å². The lowest BCUT2D eigenvalue weighted by atomic mass is 10.1. The third kappa shape index (κ3) is 2.90. The summed E-state index contributed by atoms with van der Waals surface area (Å²) in [5.41, 5.74) is 7.45. The summed E-state index contributed by atoms with van der Waals surface area (Å²) in [6, 6.07) is 7.66. The zero-order chi connectivity index (χ0) is 12.3. The van der Waals surface area contributed by atoms with Crippen LogP contribution in [0.2, 0.25) is 0 Å². The lowest BCUT2D eigenvalue weighted by Crippen LogP contribution is -2.39. The number of nitrogens with two attached hydrogens (primary N) is 1. The van der Waals surface area contributed by atoms with Gasteiger partial charge in [-0.15, -0.1) is 0 Å². The highest BCUT2D eigenvalue weighted by Gasteiger charge is 2.19. The second-order valence-corrected chi connectivity index (χ2v) is 4.53. The molecular formula is C13H19N3O. The maximum absolute atomic E-state index is 11.9. The first-order chi connectivity index (χ1) is 8.16. The topological polar surface area (TPSA) is 58.4 Å². The van der Waals surface area contributed by atoms with Gasteiger partial charge in [-0.25, -0.2) is 4.79 Å². The highest BCUT2D eigenvalue weighted by atomic mass is 16.2. The summed E-state index contributed by atoms with van der Waals surface area (Å²) in [4.78, 5) is 13.8. The minimum absolute atomic E-state index is 0.0173. The zero-order valence-electron chi connectivity index (χ0n) is 10.1. The highest BCUT2D eigenvalue weighted by molar-refractivity contribution is 5.75. The van der Waals surface area contributed by atoms with E-state index in [1.54, 1.807) is 0 Å². The molecule has 0 aromatic heterocycles. The van der Waals surface area contributed by atoms with Gasteiger partial charge >= 0.3 is 6.03 Å². The number of amides is 2. The maximum atomic E-state index is 11.9. The summed E-state index contributed by atoms with van der Waals surface area (Å²) in [5.74, 6) is 0. The van der Waals surface area contributed by atoms with Crippen LogP contribution in [0.4, 0.5) is 10.5 Å². The number of hydrogen-bond donors (Lipinski definition) is 2. The SMILES string of the molecule is CC(NC(=O)N1CCCC1)c1ccc(N)cc1. The minimum Gasteiger partial charge on any atom is -0.399 e. The molecule has 1 aromatic carbocycles. The van der Waals surface area contributed by atoms with Gasteiger partial charge in [-0.3, -0.25) is 0 Å². The maximum Gasteiger partial charge on any atom is 0.317 e. The fourth-order valence-electron chi connectivity index (χ4n) is 2.06. The Morgan fingerprint density at radius 2 is 1.88 bits per heavy atom. The van der Waals surface area contributed by atoms with Crippen LogP contribution in [-0.2, 0) is 0 Å². The molecule has 92 valence electrons. The molecule has 0 radical (unpaired) electrons. The largest absolute Gasteiger partial charge is 0.399 e. The summed E-state index contributed by atoms with van der Waals surface area (Å²) in [7, 11) is 0. The van der Waals surface area contributed by atoms with E-state index < -0.39 is 0 Å².